The van der Waals surface area contributed by atoms with Crippen molar-refractivity contribution in [3.05, 3.63) is 138 Å². The molecule has 2 heterocycles. The van der Waals surface area contributed by atoms with Gasteiger partial charge in [0.25, 0.3) is 10.0 Å². The quantitative estimate of drug-likeness (QED) is 0.203. The second-order valence-corrected chi connectivity index (χ2v) is 11.6. The molecule has 2 aromatic heterocycles. The largest absolute Gasteiger partial charge is 0.445 e. The summed E-state index contributed by atoms with van der Waals surface area (Å²) in [6.45, 7) is 0.388. The van der Waals surface area contributed by atoms with Crippen LogP contribution in [0.4, 0.5) is 4.79 Å². The number of alkyl carbamates (subject to hydrolysis) is 1. The van der Waals surface area contributed by atoms with Gasteiger partial charge >= 0.3 is 6.09 Å². The SMILES string of the molecule is O=C(NCCc1c(C(=O)c2cn(S(=O)(=O)c3ccccc3)c3ccccc23)[nH]c2ccccc12)OCc1ccccc1. The highest BCUT2D eigenvalue weighted by Gasteiger charge is 2.26. The summed E-state index contributed by atoms with van der Waals surface area (Å²) in [6.07, 6.45) is 1.19. The van der Waals surface area contributed by atoms with Crippen molar-refractivity contribution in [2.75, 3.05) is 6.54 Å². The Kier molecular flexibility index (Phi) is 7.33. The Bertz CT molecular complexity index is 2010. The van der Waals surface area contributed by atoms with Gasteiger partial charge in [0, 0.05) is 29.0 Å². The third-order valence-electron chi connectivity index (χ3n) is 7.12. The van der Waals surface area contributed by atoms with Gasteiger partial charge in [0.15, 0.2) is 0 Å². The summed E-state index contributed by atoms with van der Waals surface area (Å²) in [4.78, 5) is 29.8. The summed E-state index contributed by atoms with van der Waals surface area (Å²) in [5, 5.41) is 4.13. The van der Waals surface area contributed by atoms with Crippen molar-refractivity contribution < 1.29 is 22.7 Å². The Labute approximate surface area is 242 Å². The molecule has 0 spiro atoms. The van der Waals surface area contributed by atoms with Gasteiger partial charge in [0.05, 0.1) is 21.7 Å². The molecule has 0 fully saturated rings. The van der Waals surface area contributed by atoms with Crippen LogP contribution in [0, 0.1) is 0 Å². The molecular formula is C33H27N3O5S. The maximum atomic E-state index is 14.1. The Morgan fingerprint density at radius 1 is 0.786 bits per heavy atom. The van der Waals surface area contributed by atoms with Gasteiger partial charge in [-0.05, 0) is 41.8 Å². The zero-order valence-corrected chi connectivity index (χ0v) is 23.3. The van der Waals surface area contributed by atoms with E-state index < -0.39 is 16.1 Å². The Morgan fingerprint density at radius 2 is 1.43 bits per heavy atom. The first kappa shape index (κ1) is 27.0. The van der Waals surface area contributed by atoms with E-state index in [1.807, 2.05) is 54.6 Å². The van der Waals surface area contributed by atoms with Crippen molar-refractivity contribution in [1.82, 2.24) is 14.3 Å². The number of fused-ring (bicyclic) bond motifs is 2. The van der Waals surface area contributed by atoms with Crippen LogP contribution in [0.15, 0.2) is 120 Å². The van der Waals surface area contributed by atoms with Crippen LogP contribution in [0.5, 0.6) is 0 Å². The lowest BCUT2D eigenvalue weighted by Crippen LogP contribution is -2.26. The van der Waals surface area contributed by atoms with Gasteiger partial charge in [0.1, 0.15) is 6.61 Å². The molecule has 9 heteroatoms. The number of para-hydroxylation sites is 2. The highest BCUT2D eigenvalue weighted by molar-refractivity contribution is 7.90. The van der Waals surface area contributed by atoms with E-state index >= 15 is 0 Å². The Morgan fingerprint density at radius 3 is 2.19 bits per heavy atom. The molecule has 4 aromatic carbocycles. The smallest absolute Gasteiger partial charge is 0.407 e. The summed E-state index contributed by atoms with van der Waals surface area (Å²) < 4.78 is 33.6. The number of hydrogen-bond donors (Lipinski definition) is 2. The minimum Gasteiger partial charge on any atom is -0.445 e. The number of H-pyrrole nitrogens is 1. The van der Waals surface area contributed by atoms with Gasteiger partial charge in [-0.3, -0.25) is 4.79 Å². The molecule has 6 aromatic rings. The number of ether oxygens (including phenoxy) is 1. The van der Waals surface area contributed by atoms with E-state index in [2.05, 4.69) is 10.3 Å². The van der Waals surface area contributed by atoms with Gasteiger partial charge in [-0.15, -0.1) is 0 Å². The van der Waals surface area contributed by atoms with Crippen LogP contribution in [0.3, 0.4) is 0 Å². The fourth-order valence-electron chi connectivity index (χ4n) is 5.09. The second-order valence-electron chi connectivity index (χ2n) is 9.77. The third-order valence-corrected chi connectivity index (χ3v) is 8.81. The molecule has 0 bridgehead atoms. The minimum absolute atomic E-state index is 0.126. The molecule has 0 radical (unpaired) electrons. The van der Waals surface area contributed by atoms with Gasteiger partial charge in [-0.1, -0.05) is 84.9 Å². The van der Waals surface area contributed by atoms with E-state index in [4.69, 9.17) is 4.74 Å². The van der Waals surface area contributed by atoms with Crippen LogP contribution in [0.2, 0.25) is 0 Å². The zero-order chi connectivity index (χ0) is 29.1. The second kappa shape index (κ2) is 11.4. The number of carbonyl (C=O) groups excluding carboxylic acids is 2. The summed E-state index contributed by atoms with van der Waals surface area (Å²) >= 11 is 0. The molecule has 0 aliphatic carbocycles. The van der Waals surface area contributed by atoms with Crippen molar-refractivity contribution in [2.45, 2.75) is 17.9 Å². The normalized spacial score (nSPS) is 11.5. The molecule has 0 unspecified atom stereocenters. The highest BCUT2D eigenvalue weighted by atomic mass is 32.2. The Hall–Kier alpha value is -5.15. The molecule has 1 amide bonds. The standard InChI is InChI=1S/C33H27N3O5S/c37-32(28-21-36(30-18-10-8-16-26(28)30)42(39,40)24-13-5-2-6-14-24)31-27(25-15-7-9-17-29(25)35-31)19-20-34-33(38)41-22-23-11-3-1-4-12-23/h1-18,21,35H,19-20,22H2,(H,34,38). The van der Waals surface area contributed by atoms with Gasteiger partial charge in [-0.2, -0.15) is 0 Å². The number of nitrogens with one attached hydrogen (secondary N) is 2. The van der Waals surface area contributed by atoms with Gasteiger partial charge in [0.2, 0.25) is 5.78 Å². The lowest BCUT2D eigenvalue weighted by Gasteiger charge is -2.08. The van der Waals surface area contributed by atoms with Crippen LogP contribution in [0.1, 0.15) is 27.2 Å². The van der Waals surface area contributed by atoms with Crippen molar-refractivity contribution in [3.8, 4) is 0 Å². The average molecular weight is 578 g/mol. The third kappa shape index (κ3) is 5.17. The fourth-order valence-corrected chi connectivity index (χ4v) is 6.48. The highest BCUT2D eigenvalue weighted by Crippen LogP contribution is 2.30. The molecular weight excluding hydrogens is 550 g/mol. The predicted octanol–water partition coefficient (Wildman–Crippen LogP) is 6.06. The summed E-state index contributed by atoms with van der Waals surface area (Å²) in [5.74, 6) is -0.342. The lowest BCUT2D eigenvalue weighted by molar-refractivity contribution is 0.103. The molecule has 0 aliphatic rings. The molecule has 0 aliphatic heterocycles. The number of aromatic amines is 1. The monoisotopic (exact) mass is 577 g/mol. The first-order chi connectivity index (χ1) is 20.4. The number of nitrogens with zero attached hydrogens (tertiary/aromatic N) is 1. The summed E-state index contributed by atoms with van der Waals surface area (Å²) in [6, 6.07) is 32.0. The number of amides is 1. The molecule has 8 nitrogen and oxygen atoms in total. The van der Waals surface area contributed by atoms with Crippen LogP contribution in [0.25, 0.3) is 21.8 Å². The molecule has 6 rings (SSSR count). The van der Waals surface area contributed by atoms with Crippen molar-refractivity contribution >= 4 is 43.7 Å². The van der Waals surface area contributed by atoms with E-state index in [1.54, 1.807) is 42.5 Å². The minimum atomic E-state index is -3.95. The zero-order valence-electron chi connectivity index (χ0n) is 22.5. The van der Waals surface area contributed by atoms with Crippen molar-refractivity contribution in [2.24, 2.45) is 0 Å². The van der Waals surface area contributed by atoms with E-state index in [0.717, 1.165) is 26.0 Å². The number of benzene rings is 4. The van der Waals surface area contributed by atoms with E-state index in [9.17, 15) is 18.0 Å². The number of carbonyl (C=O) groups is 2. The predicted molar refractivity (Wildman–Crippen MR) is 161 cm³/mol. The molecule has 0 saturated heterocycles. The topological polar surface area (TPSA) is 110 Å². The number of rotatable bonds is 9. The summed E-state index contributed by atoms with van der Waals surface area (Å²) in [7, 11) is -3.95. The van der Waals surface area contributed by atoms with Crippen LogP contribution in [-0.4, -0.2) is 35.8 Å². The Balaban J connectivity index is 1.31. The van der Waals surface area contributed by atoms with E-state index in [0.29, 0.717) is 23.0 Å². The summed E-state index contributed by atoms with van der Waals surface area (Å²) in [5.41, 5.74) is 3.38. The van der Waals surface area contributed by atoms with Gasteiger partial charge in [-0.25, -0.2) is 17.2 Å². The molecule has 210 valence electrons. The number of hydrogen-bond acceptors (Lipinski definition) is 5. The van der Waals surface area contributed by atoms with E-state index in [-0.39, 0.29) is 29.4 Å². The molecule has 0 saturated carbocycles. The van der Waals surface area contributed by atoms with Crippen LogP contribution in [-0.2, 0) is 27.8 Å². The average Bonchev–Trinajstić information content (AvgIpc) is 3.60. The first-order valence-corrected chi connectivity index (χ1v) is 14.9. The number of aromatic nitrogens is 2. The maximum absolute atomic E-state index is 14.1. The van der Waals surface area contributed by atoms with Crippen LogP contribution >= 0.6 is 0 Å². The van der Waals surface area contributed by atoms with Gasteiger partial charge < -0.3 is 15.0 Å². The lowest BCUT2D eigenvalue weighted by atomic mass is 10.0. The van der Waals surface area contributed by atoms with E-state index in [1.165, 1.54) is 18.3 Å². The molecule has 0 atom stereocenters. The maximum Gasteiger partial charge on any atom is 0.407 e. The van der Waals surface area contributed by atoms with Crippen LogP contribution < -0.4 is 5.32 Å². The first-order valence-electron chi connectivity index (χ1n) is 13.4. The molecule has 2 N–H and O–H groups in total. The number of ketones is 1. The van der Waals surface area contributed by atoms with Crippen molar-refractivity contribution in [1.29, 1.82) is 0 Å². The van der Waals surface area contributed by atoms with Crippen molar-refractivity contribution in [3.63, 3.8) is 0 Å². The molecule has 42 heavy (non-hydrogen) atoms. The fraction of sp³-hybridized carbons (Fsp3) is 0.0909.